The molecule has 13 heavy (non-hydrogen) atoms. The van der Waals surface area contributed by atoms with Gasteiger partial charge in [0.1, 0.15) is 5.82 Å². The summed E-state index contributed by atoms with van der Waals surface area (Å²) in [6.07, 6.45) is 1.65. The van der Waals surface area contributed by atoms with Crippen LogP contribution in [0.1, 0.15) is 0 Å². The summed E-state index contributed by atoms with van der Waals surface area (Å²) in [4.78, 5) is 4.02. The molecule has 0 aliphatic rings. The van der Waals surface area contributed by atoms with Gasteiger partial charge in [-0.3, -0.25) is 4.98 Å². The Hall–Kier alpha value is -0.670. The maximum atomic E-state index is 13.3. The number of aromatic nitrogens is 1. The number of pyridine rings is 1. The maximum Gasteiger partial charge on any atom is 0.146 e. The Kier molecular flexibility index (Phi) is 3.22. The molecule has 1 aromatic heterocycles. The standard InChI is InChI=1S/C9H5BrFN.ClH/c10-7-3-4-8-6(9(7)11)2-1-5-12-8;/h1-5H;1H. The molecule has 0 fully saturated rings. The van der Waals surface area contributed by atoms with E-state index in [9.17, 15) is 4.39 Å². The molecule has 0 aliphatic heterocycles. The minimum absolute atomic E-state index is 0. The molecule has 0 amide bonds. The molecule has 0 unspecified atom stereocenters. The summed E-state index contributed by atoms with van der Waals surface area (Å²) in [7, 11) is 0. The number of halogens is 3. The third-order valence-electron chi connectivity index (χ3n) is 1.67. The summed E-state index contributed by atoms with van der Waals surface area (Å²) in [5.74, 6) is -0.249. The SMILES string of the molecule is Cl.Fc1c(Br)ccc2ncccc12. The van der Waals surface area contributed by atoms with E-state index in [1.54, 1.807) is 30.5 Å². The fourth-order valence-corrected chi connectivity index (χ4v) is 1.44. The molecule has 1 nitrogen and oxygen atoms in total. The van der Waals surface area contributed by atoms with E-state index in [4.69, 9.17) is 0 Å². The first-order chi connectivity index (χ1) is 5.79. The molecule has 2 rings (SSSR count). The van der Waals surface area contributed by atoms with Crippen LogP contribution in [0.5, 0.6) is 0 Å². The van der Waals surface area contributed by atoms with Crippen LogP contribution in [0.4, 0.5) is 4.39 Å². The Balaban J connectivity index is 0.000000845. The third-order valence-corrected chi connectivity index (χ3v) is 2.28. The van der Waals surface area contributed by atoms with E-state index < -0.39 is 0 Å². The topological polar surface area (TPSA) is 12.9 Å². The number of fused-ring (bicyclic) bond motifs is 1. The average molecular weight is 263 g/mol. The van der Waals surface area contributed by atoms with Crippen LogP contribution >= 0.6 is 28.3 Å². The second-order valence-electron chi connectivity index (χ2n) is 2.43. The lowest BCUT2D eigenvalue weighted by Crippen LogP contribution is -1.83. The van der Waals surface area contributed by atoms with Crippen molar-refractivity contribution < 1.29 is 4.39 Å². The van der Waals surface area contributed by atoms with Gasteiger partial charge < -0.3 is 0 Å². The van der Waals surface area contributed by atoms with E-state index in [-0.39, 0.29) is 18.2 Å². The molecule has 0 saturated carbocycles. The predicted octanol–water partition coefficient (Wildman–Crippen LogP) is 3.56. The molecule has 0 bridgehead atoms. The van der Waals surface area contributed by atoms with Gasteiger partial charge in [0, 0.05) is 11.6 Å². The molecule has 68 valence electrons. The van der Waals surface area contributed by atoms with Crippen LogP contribution in [0.2, 0.25) is 0 Å². The first kappa shape index (κ1) is 10.4. The first-order valence-electron chi connectivity index (χ1n) is 3.48. The van der Waals surface area contributed by atoms with E-state index in [0.717, 1.165) is 0 Å². The molecule has 0 saturated heterocycles. The number of nitrogens with zero attached hydrogens (tertiary/aromatic N) is 1. The zero-order chi connectivity index (χ0) is 8.55. The molecule has 0 atom stereocenters. The summed E-state index contributed by atoms with van der Waals surface area (Å²) in [6.45, 7) is 0. The van der Waals surface area contributed by atoms with Crippen LogP contribution < -0.4 is 0 Å². The normalized spacial score (nSPS) is 9.69. The van der Waals surface area contributed by atoms with Crippen LogP contribution in [0.25, 0.3) is 10.9 Å². The van der Waals surface area contributed by atoms with Crippen molar-refractivity contribution in [2.75, 3.05) is 0 Å². The van der Waals surface area contributed by atoms with Crippen molar-refractivity contribution in [2.45, 2.75) is 0 Å². The van der Waals surface area contributed by atoms with Gasteiger partial charge in [-0.15, -0.1) is 12.4 Å². The number of hydrogen-bond acceptors (Lipinski definition) is 1. The third kappa shape index (κ3) is 1.81. The van der Waals surface area contributed by atoms with Crippen LogP contribution in [0.3, 0.4) is 0 Å². The smallest absolute Gasteiger partial charge is 0.146 e. The molecule has 0 aliphatic carbocycles. The highest BCUT2D eigenvalue weighted by Gasteiger charge is 2.03. The zero-order valence-electron chi connectivity index (χ0n) is 6.50. The molecule has 0 spiro atoms. The lowest BCUT2D eigenvalue weighted by molar-refractivity contribution is 0.633. The van der Waals surface area contributed by atoms with Gasteiger partial charge in [0.15, 0.2) is 0 Å². The average Bonchev–Trinajstić information content (AvgIpc) is 2.12. The highest BCUT2D eigenvalue weighted by Crippen LogP contribution is 2.22. The fourth-order valence-electron chi connectivity index (χ4n) is 1.09. The second kappa shape index (κ2) is 4.03. The van der Waals surface area contributed by atoms with Gasteiger partial charge in [-0.05, 0) is 40.2 Å². The maximum absolute atomic E-state index is 13.3. The van der Waals surface area contributed by atoms with E-state index in [1.165, 1.54) is 0 Å². The van der Waals surface area contributed by atoms with Crippen molar-refractivity contribution in [1.29, 1.82) is 0 Å². The molecule has 2 aromatic rings. The van der Waals surface area contributed by atoms with Gasteiger partial charge in [-0.25, -0.2) is 4.39 Å². The van der Waals surface area contributed by atoms with Crippen LogP contribution in [0.15, 0.2) is 34.9 Å². The van der Waals surface area contributed by atoms with Gasteiger partial charge in [0.05, 0.1) is 9.99 Å². The second-order valence-corrected chi connectivity index (χ2v) is 3.29. The van der Waals surface area contributed by atoms with Crippen molar-refractivity contribution in [3.8, 4) is 0 Å². The molecule has 4 heteroatoms. The van der Waals surface area contributed by atoms with E-state index in [1.807, 2.05) is 0 Å². The summed E-state index contributed by atoms with van der Waals surface area (Å²) in [5.41, 5.74) is 0.679. The Bertz CT molecular complexity index is 433. The van der Waals surface area contributed by atoms with Gasteiger partial charge >= 0.3 is 0 Å². The largest absolute Gasteiger partial charge is 0.256 e. The van der Waals surface area contributed by atoms with E-state index in [2.05, 4.69) is 20.9 Å². The Labute approximate surface area is 89.5 Å². The lowest BCUT2D eigenvalue weighted by atomic mass is 10.2. The van der Waals surface area contributed by atoms with Crippen molar-refractivity contribution in [1.82, 2.24) is 4.98 Å². The summed E-state index contributed by atoms with van der Waals surface area (Å²) in [5, 5.41) is 0.548. The number of rotatable bonds is 0. The Morgan fingerprint density at radius 2 is 2.00 bits per heavy atom. The van der Waals surface area contributed by atoms with Gasteiger partial charge in [0.2, 0.25) is 0 Å². The van der Waals surface area contributed by atoms with Crippen LogP contribution in [-0.2, 0) is 0 Å². The van der Waals surface area contributed by atoms with Crippen molar-refractivity contribution in [3.63, 3.8) is 0 Å². The monoisotopic (exact) mass is 261 g/mol. The highest BCUT2D eigenvalue weighted by molar-refractivity contribution is 9.10. The first-order valence-corrected chi connectivity index (χ1v) is 4.27. The van der Waals surface area contributed by atoms with Crippen molar-refractivity contribution in [2.24, 2.45) is 0 Å². The molecule has 0 radical (unpaired) electrons. The van der Waals surface area contributed by atoms with Gasteiger partial charge in [0.25, 0.3) is 0 Å². The predicted molar refractivity (Wildman–Crippen MR) is 56.6 cm³/mol. The van der Waals surface area contributed by atoms with E-state index in [0.29, 0.717) is 15.4 Å². The molecule has 1 aromatic carbocycles. The summed E-state index contributed by atoms with van der Waals surface area (Å²) < 4.78 is 13.8. The number of hydrogen-bond donors (Lipinski definition) is 0. The Morgan fingerprint density at radius 1 is 1.23 bits per heavy atom. The summed E-state index contributed by atoms with van der Waals surface area (Å²) >= 11 is 3.11. The van der Waals surface area contributed by atoms with Crippen LogP contribution in [0, 0.1) is 5.82 Å². The van der Waals surface area contributed by atoms with Crippen LogP contribution in [-0.4, -0.2) is 4.98 Å². The number of benzene rings is 1. The van der Waals surface area contributed by atoms with Crippen molar-refractivity contribution in [3.05, 3.63) is 40.8 Å². The fraction of sp³-hybridized carbons (Fsp3) is 0. The van der Waals surface area contributed by atoms with Crippen molar-refractivity contribution >= 4 is 39.2 Å². The minimum Gasteiger partial charge on any atom is -0.256 e. The zero-order valence-corrected chi connectivity index (χ0v) is 8.90. The van der Waals surface area contributed by atoms with Gasteiger partial charge in [-0.2, -0.15) is 0 Å². The molecular formula is C9H6BrClFN. The molecule has 0 N–H and O–H groups in total. The van der Waals surface area contributed by atoms with E-state index >= 15 is 0 Å². The molecular weight excluding hydrogens is 256 g/mol. The quantitative estimate of drug-likeness (QED) is 0.707. The minimum atomic E-state index is -0.249. The Morgan fingerprint density at radius 3 is 2.77 bits per heavy atom. The molecule has 1 heterocycles. The van der Waals surface area contributed by atoms with Gasteiger partial charge in [-0.1, -0.05) is 0 Å². The highest BCUT2D eigenvalue weighted by atomic mass is 79.9. The lowest BCUT2D eigenvalue weighted by Gasteiger charge is -1.98. The summed E-state index contributed by atoms with van der Waals surface area (Å²) in [6, 6.07) is 6.87.